The average molecular weight is 754 g/mol. The Bertz CT molecular complexity index is 1450. The van der Waals surface area contributed by atoms with Gasteiger partial charge >= 0.3 is 33.4 Å². The summed E-state index contributed by atoms with van der Waals surface area (Å²) >= 11 is 0. The van der Waals surface area contributed by atoms with Crippen LogP contribution < -0.4 is 10.2 Å². The van der Waals surface area contributed by atoms with Crippen LogP contribution in [0.3, 0.4) is 0 Å². The van der Waals surface area contributed by atoms with Crippen molar-refractivity contribution in [3.05, 3.63) is 101 Å². The van der Waals surface area contributed by atoms with Gasteiger partial charge in [-0.15, -0.1) is 58.7 Å². The average Bonchev–Trinajstić information content (AvgIpc) is 2.88. The predicted molar refractivity (Wildman–Crippen MR) is 144 cm³/mol. The van der Waals surface area contributed by atoms with Crippen LogP contribution in [0.25, 0.3) is 22.5 Å². The van der Waals surface area contributed by atoms with Gasteiger partial charge in [-0.2, -0.15) is 26.3 Å². The van der Waals surface area contributed by atoms with Crippen LogP contribution in [0.5, 0.6) is 0 Å². The van der Waals surface area contributed by atoms with Crippen molar-refractivity contribution in [2.24, 2.45) is 0 Å². The molecule has 2 heterocycles. The van der Waals surface area contributed by atoms with Gasteiger partial charge < -0.3 is 20.2 Å². The summed E-state index contributed by atoms with van der Waals surface area (Å²) in [7, 11) is 5.53. The summed E-state index contributed by atoms with van der Waals surface area (Å²) in [4.78, 5) is 10.1. The number of rotatable bonds is 5. The Morgan fingerprint density at radius 3 is 1.98 bits per heavy atom. The first kappa shape index (κ1) is 34.0. The monoisotopic (exact) mass is 753 g/mol. The number of hydrogen-bond donors (Lipinski definition) is 1. The minimum absolute atomic E-state index is 0. The molecule has 0 aliphatic rings. The summed E-state index contributed by atoms with van der Waals surface area (Å²) in [5, 5.41) is 2.99. The molecule has 0 spiro atoms. The van der Waals surface area contributed by atoms with Crippen LogP contribution in [0.4, 0.5) is 32.0 Å². The second kappa shape index (κ2) is 14.1. The number of pyridine rings is 2. The Morgan fingerprint density at radius 1 is 0.780 bits per heavy atom. The molecule has 4 rings (SSSR count). The van der Waals surface area contributed by atoms with E-state index in [0.29, 0.717) is 40.2 Å². The molecule has 0 aliphatic heterocycles. The maximum absolute atomic E-state index is 12.8. The summed E-state index contributed by atoms with van der Waals surface area (Å²) in [5.74, 6) is 0. The van der Waals surface area contributed by atoms with Crippen molar-refractivity contribution < 1.29 is 47.4 Å². The van der Waals surface area contributed by atoms with Crippen LogP contribution >= 0.6 is 0 Å². The predicted octanol–water partition coefficient (Wildman–Crippen LogP) is 7.53. The fourth-order valence-electron chi connectivity index (χ4n) is 3.80. The fraction of sp³-hybridized carbons (Fsp3) is 0.267. The molecule has 11 heteroatoms. The summed E-state index contributed by atoms with van der Waals surface area (Å²) in [6, 6.07) is 17.3. The van der Waals surface area contributed by atoms with Gasteiger partial charge in [0.1, 0.15) is 0 Å². The third-order valence-corrected chi connectivity index (χ3v) is 5.67. The zero-order valence-electron chi connectivity index (χ0n) is 22.9. The number of halogens is 6. The molecule has 0 radical (unpaired) electrons. The van der Waals surface area contributed by atoms with Gasteiger partial charge in [0, 0.05) is 38.7 Å². The Labute approximate surface area is 250 Å². The second-order valence-electron chi connectivity index (χ2n) is 9.32. The zero-order valence-corrected chi connectivity index (χ0v) is 25.2. The number of nitrogens with one attached hydrogen (secondary N) is 1. The molecule has 4 nitrogen and oxygen atoms in total. The quantitative estimate of drug-likeness (QED) is 0.169. The normalized spacial score (nSPS) is 11.3. The minimum Gasteiger partial charge on any atom is -0.378 e. The number of anilines is 1. The van der Waals surface area contributed by atoms with Crippen molar-refractivity contribution >= 4 is 5.69 Å². The third-order valence-electron chi connectivity index (χ3n) is 5.67. The molecule has 0 bridgehead atoms. The van der Waals surface area contributed by atoms with Gasteiger partial charge in [0.15, 0.2) is 0 Å². The SMILES string of the molecule is CNCc1ccnc(-c2[c-]c(C(F)(F)F)cc(C)c2)c1.Cc1[c-]c(-c2cc(N(C)C)ccn2)cc(C(F)(F)F)c1.[Pt+2]. The van der Waals surface area contributed by atoms with Crippen molar-refractivity contribution in [3.63, 3.8) is 0 Å². The Hall–Kier alpha value is -3.23. The first-order chi connectivity index (χ1) is 18.7. The first-order valence-corrected chi connectivity index (χ1v) is 12.1. The number of alkyl halides is 6. The van der Waals surface area contributed by atoms with E-state index in [4.69, 9.17) is 0 Å². The van der Waals surface area contributed by atoms with Crippen LogP contribution in [0, 0.1) is 26.0 Å². The Morgan fingerprint density at radius 2 is 1.39 bits per heavy atom. The van der Waals surface area contributed by atoms with E-state index < -0.39 is 23.5 Å². The van der Waals surface area contributed by atoms with Gasteiger partial charge in [-0.05, 0) is 47.3 Å². The molecule has 220 valence electrons. The van der Waals surface area contributed by atoms with Crippen LogP contribution in [0.15, 0.2) is 60.9 Å². The van der Waals surface area contributed by atoms with Gasteiger partial charge in [-0.1, -0.05) is 26.0 Å². The molecule has 1 N–H and O–H groups in total. The second-order valence-corrected chi connectivity index (χ2v) is 9.32. The smallest absolute Gasteiger partial charge is 0.378 e. The first-order valence-electron chi connectivity index (χ1n) is 12.1. The van der Waals surface area contributed by atoms with Gasteiger partial charge in [-0.3, -0.25) is 0 Å². The number of hydrogen-bond acceptors (Lipinski definition) is 4. The maximum atomic E-state index is 12.8. The van der Waals surface area contributed by atoms with E-state index >= 15 is 0 Å². The summed E-state index contributed by atoms with van der Waals surface area (Å²) in [6.07, 6.45) is -5.60. The van der Waals surface area contributed by atoms with Gasteiger partial charge in [0.25, 0.3) is 0 Å². The number of aryl methyl sites for hydroxylation is 2. The van der Waals surface area contributed by atoms with E-state index in [1.807, 2.05) is 25.1 Å². The van der Waals surface area contributed by atoms with E-state index in [1.54, 1.807) is 57.6 Å². The summed E-state index contributed by atoms with van der Waals surface area (Å²) < 4.78 is 76.9. The molecule has 2 aromatic heterocycles. The molecule has 0 amide bonds. The van der Waals surface area contributed by atoms with Gasteiger partial charge in [-0.25, -0.2) is 0 Å². The maximum Gasteiger partial charge on any atom is 2.00 e. The molecule has 4 aromatic rings. The van der Waals surface area contributed by atoms with Gasteiger partial charge in [0.05, 0.1) is 0 Å². The summed E-state index contributed by atoms with van der Waals surface area (Å²) in [6.45, 7) is 3.85. The van der Waals surface area contributed by atoms with Crippen LogP contribution in [-0.2, 0) is 40.0 Å². The topological polar surface area (TPSA) is 41.1 Å². The molecule has 0 unspecified atom stereocenters. The van der Waals surface area contributed by atoms with Crippen molar-refractivity contribution in [3.8, 4) is 22.5 Å². The molecular formula is C30H28F6N4Pt. The zero-order chi connectivity index (χ0) is 29.7. The van der Waals surface area contributed by atoms with E-state index in [-0.39, 0.29) is 21.1 Å². The number of aromatic nitrogens is 2. The molecule has 0 aliphatic carbocycles. The largest absolute Gasteiger partial charge is 2.00 e. The minimum atomic E-state index is -4.40. The van der Waals surface area contributed by atoms with E-state index in [0.717, 1.165) is 29.4 Å². The van der Waals surface area contributed by atoms with E-state index in [1.165, 1.54) is 0 Å². The molecule has 41 heavy (non-hydrogen) atoms. The Balaban J connectivity index is 0.000000280. The third kappa shape index (κ3) is 9.68. The molecule has 2 aromatic carbocycles. The fourth-order valence-corrected chi connectivity index (χ4v) is 3.80. The summed E-state index contributed by atoms with van der Waals surface area (Å²) in [5.41, 5.74) is 3.03. The van der Waals surface area contributed by atoms with E-state index in [9.17, 15) is 26.3 Å². The van der Waals surface area contributed by atoms with Crippen molar-refractivity contribution in [2.75, 3.05) is 26.0 Å². The molecule has 0 saturated carbocycles. The molecule has 0 saturated heterocycles. The number of benzene rings is 2. The van der Waals surface area contributed by atoms with Crippen LogP contribution in [0.2, 0.25) is 0 Å². The Kier molecular flexibility index (Phi) is 11.7. The van der Waals surface area contributed by atoms with Gasteiger partial charge in [0.2, 0.25) is 0 Å². The molecule has 0 atom stereocenters. The van der Waals surface area contributed by atoms with Crippen molar-refractivity contribution in [1.29, 1.82) is 0 Å². The van der Waals surface area contributed by atoms with Crippen LogP contribution in [-0.4, -0.2) is 31.1 Å². The number of nitrogens with zero attached hydrogens (tertiary/aromatic N) is 3. The van der Waals surface area contributed by atoms with Crippen molar-refractivity contribution in [1.82, 2.24) is 15.3 Å². The molecule has 0 fully saturated rings. The van der Waals surface area contributed by atoms with Crippen molar-refractivity contribution in [2.45, 2.75) is 32.7 Å². The van der Waals surface area contributed by atoms with Crippen LogP contribution in [0.1, 0.15) is 27.8 Å². The van der Waals surface area contributed by atoms with E-state index in [2.05, 4.69) is 27.4 Å². The standard InChI is InChI=1S/2C15H14F3N2.Pt/c1-10-6-11(8-12(7-10)15(16,17)18)14-9-13(20(2)3)4-5-19-14;1-10-5-12(8-13(6-10)15(16,17)18)14-7-11(9-19-2)3-4-20-14;/h4-5,7-9H,1-3H3;3-7,19H,9H2,1-2H3;/q2*-1;+2. The molecular weight excluding hydrogens is 725 g/mol.